The van der Waals surface area contributed by atoms with Crippen molar-refractivity contribution in [1.82, 2.24) is 5.32 Å². The van der Waals surface area contributed by atoms with Gasteiger partial charge < -0.3 is 5.32 Å². The zero-order valence-electron chi connectivity index (χ0n) is 9.81. The lowest BCUT2D eigenvalue weighted by atomic mass is 9.92. The van der Waals surface area contributed by atoms with E-state index in [1.54, 1.807) is 6.07 Å². The Hall–Kier alpha value is -2.51. The number of benzene rings is 1. The fourth-order valence-electron chi connectivity index (χ4n) is 2.15. The first-order valence-electron chi connectivity index (χ1n) is 5.66. The summed E-state index contributed by atoms with van der Waals surface area (Å²) in [4.78, 5) is 32.0. The second-order valence-electron chi connectivity index (χ2n) is 4.29. The van der Waals surface area contributed by atoms with Crippen molar-refractivity contribution in [2.24, 2.45) is 0 Å². The Labute approximate surface area is 107 Å². The maximum Gasteiger partial charge on any atom is 0.269 e. The molecule has 1 fully saturated rings. The minimum atomic E-state index is -0.959. The normalized spacial score (nSPS) is 22.6. The van der Waals surface area contributed by atoms with Crippen LogP contribution in [0.5, 0.6) is 0 Å². The number of carbonyl (C=O) groups excluding carboxylic acids is 1. The summed E-state index contributed by atoms with van der Waals surface area (Å²) in [5.41, 5.74) is 0.225. The highest BCUT2D eigenvalue weighted by Gasteiger charge is 2.38. The van der Waals surface area contributed by atoms with Crippen molar-refractivity contribution in [2.45, 2.75) is 24.9 Å². The fraction of sp³-hybridized carbons (Fsp3) is 0.364. The van der Waals surface area contributed by atoms with Crippen molar-refractivity contribution in [2.75, 3.05) is 0 Å². The van der Waals surface area contributed by atoms with Crippen LogP contribution >= 0.6 is 0 Å². The third-order valence-electron chi connectivity index (χ3n) is 3.08. The van der Waals surface area contributed by atoms with E-state index in [-0.39, 0.29) is 24.4 Å². The second-order valence-corrected chi connectivity index (χ2v) is 4.29. The van der Waals surface area contributed by atoms with E-state index < -0.39 is 21.9 Å². The molecule has 19 heavy (non-hydrogen) atoms. The zero-order valence-corrected chi connectivity index (χ0v) is 9.81. The number of nitrogens with one attached hydrogen (secondary N) is 1. The predicted octanol–water partition coefficient (Wildman–Crippen LogP) is 1.19. The molecule has 8 heteroatoms. The van der Waals surface area contributed by atoms with Crippen LogP contribution in [0, 0.1) is 20.2 Å². The van der Waals surface area contributed by atoms with Crippen molar-refractivity contribution in [1.29, 1.82) is 0 Å². The number of nitro benzene ring substituents is 1. The summed E-state index contributed by atoms with van der Waals surface area (Å²) in [6.07, 6.45) is 0.225. The van der Waals surface area contributed by atoms with Gasteiger partial charge in [0.1, 0.15) is 6.04 Å². The molecule has 0 aliphatic carbocycles. The Balaban J connectivity index is 2.36. The molecule has 1 aliphatic heterocycles. The van der Waals surface area contributed by atoms with Gasteiger partial charge in [0, 0.05) is 29.9 Å². The molecule has 1 heterocycles. The number of carbonyl (C=O) groups is 1. The first-order chi connectivity index (χ1) is 8.99. The molecular weight excluding hydrogens is 254 g/mol. The van der Waals surface area contributed by atoms with Gasteiger partial charge in [-0.15, -0.1) is 0 Å². The Morgan fingerprint density at radius 1 is 1.26 bits per heavy atom. The molecule has 0 unspecified atom stereocenters. The summed E-state index contributed by atoms with van der Waals surface area (Å²) in [6, 6.07) is 3.77. The van der Waals surface area contributed by atoms with Crippen LogP contribution in [-0.2, 0) is 4.79 Å². The topological polar surface area (TPSA) is 115 Å². The number of non-ortho nitro benzene ring substituents is 1. The fourth-order valence-corrected chi connectivity index (χ4v) is 2.15. The van der Waals surface area contributed by atoms with Crippen LogP contribution in [0.3, 0.4) is 0 Å². The van der Waals surface area contributed by atoms with E-state index in [0.29, 0.717) is 5.56 Å². The molecule has 2 atom stereocenters. The van der Waals surface area contributed by atoms with Gasteiger partial charge in [0.2, 0.25) is 11.9 Å². The predicted molar refractivity (Wildman–Crippen MR) is 64.0 cm³/mol. The average molecular weight is 265 g/mol. The molecule has 1 saturated heterocycles. The monoisotopic (exact) mass is 265 g/mol. The summed E-state index contributed by atoms with van der Waals surface area (Å²) < 4.78 is 0. The highest BCUT2D eigenvalue weighted by Crippen LogP contribution is 2.28. The summed E-state index contributed by atoms with van der Waals surface area (Å²) in [6.45, 7) is 0. The van der Waals surface area contributed by atoms with Crippen LogP contribution in [0.25, 0.3) is 0 Å². The highest BCUT2D eigenvalue weighted by molar-refractivity contribution is 5.77. The van der Waals surface area contributed by atoms with Crippen molar-refractivity contribution in [3.8, 4) is 0 Å². The lowest BCUT2D eigenvalue weighted by Gasteiger charge is -2.26. The van der Waals surface area contributed by atoms with E-state index in [2.05, 4.69) is 5.32 Å². The van der Waals surface area contributed by atoms with Gasteiger partial charge in [-0.05, 0) is 5.56 Å². The third kappa shape index (κ3) is 2.67. The number of hydrogen-bond donors (Lipinski definition) is 1. The van der Waals surface area contributed by atoms with Crippen molar-refractivity contribution < 1.29 is 14.6 Å². The number of rotatable bonds is 3. The van der Waals surface area contributed by atoms with Gasteiger partial charge in [0.25, 0.3) is 5.69 Å². The van der Waals surface area contributed by atoms with Gasteiger partial charge in [-0.25, -0.2) is 0 Å². The lowest BCUT2D eigenvalue weighted by molar-refractivity contribution is -0.529. The van der Waals surface area contributed by atoms with Crippen LogP contribution < -0.4 is 5.32 Å². The van der Waals surface area contributed by atoms with Crippen LogP contribution in [0.15, 0.2) is 24.3 Å². The van der Waals surface area contributed by atoms with Crippen molar-refractivity contribution in [3.05, 3.63) is 50.1 Å². The highest BCUT2D eigenvalue weighted by atomic mass is 16.6. The van der Waals surface area contributed by atoms with Gasteiger partial charge in [-0.3, -0.25) is 25.0 Å². The van der Waals surface area contributed by atoms with Crippen molar-refractivity contribution in [3.63, 3.8) is 0 Å². The van der Waals surface area contributed by atoms with Gasteiger partial charge in [-0.1, -0.05) is 12.1 Å². The maximum atomic E-state index is 11.4. The molecule has 0 radical (unpaired) electrons. The zero-order chi connectivity index (χ0) is 14.0. The molecule has 1 amide bonds. The minimum Gasteiger partial charge on any atom is -0.343 e. The summed E-state index contributed by atoms with van der Waals surface area (Å²) >= 11 is 0. The third-order valence-corrected chi connectivity index (χ3v) is 3.08. The molecule has 1 aromatic carbocycles. The van der Waals surface area contributed by atoms with Crippen LogP contribution in [0.1, 0.15) is 24.4 Å². The largest absolute Gasteiger partial charge is 0.343 e. The smallest absolute Gasteiger partial charge is 0.269 e. The Morgan fingerprint density at radius 3 is 2.63 bits per heavy atom. The number of nitrogens with zero attached hydrogens (tertiary/aromatic N) is 2. The van der Waals surface area contributed by atoms with E-state index in [1.165, 1.54) is 18.2 Å². The van der Waals surface area contributed by atoms with Gasteiger partial charge >= 0.3 is 0 Å². The molecule has 0 saturated carbocycles. The summed E-state index contributed by atoms with van der Waals surface area (Å²) in [5.74, 6) is -0.283. The minimum absolute atomic E-state index is 0.0943. The molecular formula is C11H11N3O5. The SMILES string of the molecule is O=C1CC[C@@H]([N+](=O)[O-])[C@H](c2cccc([N+](=O)[O-])c2)N1. The van der Waals surface area contributed by atoms with Crippen LogP contribution in [-0.4, -0.2) is 21.8 Å². The Kier molecular flexibility index (Phi) is 3.41. The molecule has 0 spiro atoms. The van der Waals surface area contributed by atoms with E-state index in [1.807, 2.05) is 0 Å². The number of piperidine rings is 1. The Morgan fingerprint density at radius 2 is 2.00 bits per heavy atom. The molecule has 0 bridgehead atoms. The van der Waals surface area contributed by atoms with Crippen LogP contribution in [0.4, 0.5) is 5.69 Å². The number of hydrogen-bond acceptors (Lipinski definition) is 5. The van der Waals surface area contributed by atoms with Crippen LogP contribution in [0.2, 0.25) is 0 Å². The standard InChI is InChI=1S/C11H11N3O5/c15-10-5-4-9(14(18)19)11(12-10)7-2-1-3-8(6-7)13(16)17/h1-3,6,9,11H,4-5H2,(H,12,15)/t9-,11+/m1/s1. The maximum absolute atomic E-state index is 11.4. The first kappa shape index (κ1) is 12.9. The van der Waals surface area contributed by atoms with E-state index in [4.69, 9.17) is 0 Å². The number of amides is 1. The molecule has 8 nitrogen and oxygen atoms in total. The van der Waals surface area contributed by atoms with Gasteiger partial charge in [-0.2, -0.15) is 0 Å². The molecule has 0 aromatic heterocycles. The Bertz CT molecular complexity index is 545. The van der Waals surface area contributed by atoms with Gasteiger partial charge in [0.15, 0.2) is 0 Å². The average Bonchev–Trinajstić information content (AvgIpc) is 2.38. The molecule has 2 rings (SSSR count). The van der Waals surface area contributed by atoms with E-state index in [0.717, 1.165) is 0 Å². The summed E-state index contributed by atoms with van der Waals surface area (Å²) in [5, 5.41) is 24.2. The lowest BCUT2D eigenvalue weighted by Crippen LogP contribution is -2.45. The van der Waals surface area contributed by atoms with Crippen molar-refractivity contribution >= 4 is 11.6 Å². The molecule has 1 N–H and O–H groups in total. The number of nitro groups is 2. The van der Waals surface area contributed by atoms with E-state index >= 15 is 0 Å². The summed E-state index contributed by atoms with van der Waals surface area (Å²) in [7, 11) is 0. The van der Waals surface area contributed by atoms with Gasteiger partial charge in [0.05, 0.1) is 4.92 Å². The van der Waals surface area contributed by atoms with E-state index in [9.17, 15) is 25.0 Å². The second kappa shape index (κ2) is 5.01. The quantitative estimate of drug-likeness (QED) is 0.651. The molecule has 100 valence electrons. The first-order valence-corrected chi connectivity index (χ1v) is 5.66. The molecule has 1 aromatic rings. The molecule has 1 aliphatic rings.